The van der Waals surface area contributed by atoms with Crippen molar-refractivity contribution in [1.29, 1.82) is 0 Å². The summed E-state index contributed by atoms with van der Waals surface area (Å²) < 4.78 is 10.3. The number of hydrogen-bond acceptors (Lipinski definition) is 4. The molecule has 0 bridgehead atoms. The maximum atomic E-state index is 11.9. The van der Waals surface area contributed by atoms with Crippen LogP contribution >= 0.6 is 0 Å². The Morgan fingerprint density at radius 3 is 2.55 bits per heavy atom. The van der Waals surface area contributed by atoms with Crippen LogP contribution < -0.4 is 0 Å². The molecule has 0 fully saturated rings. The molecule has 4 nitrogen and oxygen atoms in total. The summed E-state index contributed by atoms with van der Waals surface area (Å²) in [5, 5.41) is 0. The molecule has 2 unspecified atom stereocenters. The van der Waals surface area contributed by atoms with Crippen molar-refractivity contribution in [2.24, 2.45) is 5.92 Å². The fraction of sp³-hybridized carbons (Fsp3) is 0.333. The molecule has 0 radical (unpaired) electrons. The fourth-order valence-corrected chi connectivity index (χ4v) is 1.94. The lowest BCUT2D eigenvalue weighted by Crippen LogP contribution is -2.31. The highest BCUT2D eigenvalue weighted by molar-refractivity contribution is 5.87. The summed E-state index contributed by atoms with van der Waals surface area (Å²) in [6.07, 6.45) is 4.45. The molecule has 0 aliphatic heterocycles. The van der Waals surface area contributed by atoms with E-state index in [0.29, 0.717) is 13.0 Å². The van der Waals surface area contributed by atoms with Gasteiger partial charge in [0.05, 0.1) is 12.5 Å². The van der Waals surface area contributed by atoms with E-state index in [2.05, 4.69) is 6.58 Å². The number of carbonyl (C=O) groups is 2. The summed E-state index contributed by atoms with van der Waals surface area (Å²) in [7, 11) is 0. The highest BCUT2D eigenvalue weighted by Crippen LogP contribution is 2.16. The van der Waals surface area contributed by atoms with Gasteiger partial charge in [0.15, 0.2) is 0 Å². The molecule has 118 valence electrons. The predicted octanol–water partition coefficient (Wildman–Crippen LogP) is 3.39. The number of ether oxygens (including phenoxy) is 2. The Bertz CT molecular complexity index is 519. The molecule has 22 heavy (non-hydrogen) atoms. The Kier molecular flexibility index (Phi) is 7.68. The molecule has 0 saturated carbocycles. The molecule has 0 aromatic heterocycles. The van der Waals surface area contributed by atoms with E-state index in [4.69, 9.17) is 9.47 Å². The van der Waals surface area contributed by atoms with Crippen LogP contribution in [0.4, 0.5) is 0 Å². The normalized spacial score (nSPS) is 13.4. The van der Waals surface area contributed by atoms with Crippen molar-refractivity contribution < 1.29 is 19.1 Å². The van der Waals surface area contributed by atoms with E-state index in [-0.39, 0.29) is 5.97 Å². The molecule has 0 aliphatic rings. The second-order valence-corrected chi connectivity index (χ2v) is 4.77. The third kappa shape index (κ3) is 5.95. The molecule has 0 amide bonds. The number of esters is 2. The van der Waals surface area contributed by atoms with Gasteiger partial charge >= 0.3 is 11.9 Å². The van der Waals surface area contributed by atoms with Gasteiger partial charge in [-0.05, 0) is 31.9 Å². The van der Waals surface area contributed by atoms with Gasteiger partial charge in [0.25, 0.3) is 0 Å². The molecule has 4 heteroatoms. The van der Waals surface area contributed by atoms with E-state index in [0.717, 1.165) is 5.56 Å². The van der Waals surface area contributed by atoms with Gasteiger partial charge in [0.1, 0.15) is 6.10 Å². The number of rotatable bonds is 8. The van der Waals surface area contributed by atoms with Crippen LogP contribution in [-0.2, 0) is 19.1 Å². The summed E-state index contributed by atoms with van der Waals surface area (Å²) in [6, 6.07) is 9.43. The standard InChI is InChI=1S/C18H22O4/c1-4-9-16(18(20)21-5-2)14(3)22-17(19)13-12-15-10-7-6-8-11-15/h4,6-8,10-14,16H,1,5,9H2,2-3H3/b13-12+. The second kappa shape index (κ2) is 9.55. The third-order valence-electron chi connectivity index (χ3n) is 3.09. The van der Waals surface area contributed by atoms with Gasteiger partial charge in [-0.25, -0.2) is 4.79 Å². The van der Waals surface area contributed by atoms with Gasteiger partial charge in [-0.2, -0.15) is 0 Å². The van der Waals surface area contributed by atoms with Crippen LogP contribution in [0.3, 0.4) is 0 Å². The Labute approximate surface area is 131 Å². The molecule has 0 N–H and O–H groups in total. The molecule has 1 aromatic carbocycles. The molecule has 2 atom stereocenters. The van der Waals surface area contributed by atoms with Crippen LogP contribution in [0, 0.1) is 5.92 Å². The lowest BCUT2D eigenvalue weighted by Gasteiger charge is -2.20. The van der Waals surface area contributed by atoms with E-state index in [1.54, 1.807) is 26.0 Å². The van der Waals surface area contributed by atoms with Crippen LogP contribution in [0.1, 0.15) is 25.8 Å². The van der Waals surface area contributed by atoms with Crippen LogP contribution in [0.25, 0.3) is 6.08 Å². The van der Waals surface area contributed by atoms with Crippen molar-refractivity contribution in [1.82, 2.24) is 0 Å². The Morgan fingerprint density at radius 2 is 1.95 bits per heavy atom. The minimum Gasteiger partial charge on any atom is -0.466 e. The van der Waals surface area contributed by atoms with Crippen molar-refractivity contribution in [3.8, 4) is 0 Å². The minimum atomic E-state index is -0.579. The lowest BCUT2D eigenvalue weighted by molar-refractivity contribution is -0.157. The molecule has 0 spiro atoms. The number of hydrogen-bond donors (Lipinski definition) is 0. The monoisotopic (exact) mass is 302 g/mol. The van der Waals surface area contributed by atoms with Gasteiger partial charge in [-0.1, -0.05) is 36.4 Å². The number of allylic oxidation sites excluding steroid dienone is 1. The van der Waals surface area contributed by atoms with E-state index in [1.807, 2.05) is 30.3 Å². The zero-order chi connectivity index (χ0) is 16.4. The molecule has 0 aliphatic carbocycles. The van der Waals surface area contributed by atoms with E-state index in [9.17, 15) is 9.59 Å². The summed E-state index contributed by atoms with van der Waals surface area (Å²) in [4.78, 5) is 23.7. The molecule has 1 rings (SSSR count). The maximum Gasteiger partial charge on any atom is 0.331 e. The topological polar surface area (TPSA) is 52.6 Å². The largest absolute Gasteiger partial charge is 0.466 e. The second-order valence-electron chi connectivity index (χ2n) is 4.77. The zero-order valence-corrected chi connectivity index (χ0v) is 13.0. The van der Waals surface area contributed by atoms with E-state index < -0.39 is 18.0 Å². The van der Waals surface area contributed by atoms with Gasteiger partial charge in [0.2, 0.25) is 0 Å². The lowest BCUT2D eigenvalue weighted by atomic mass is 10.00. The molecule has 1 aromatic rings. The SMILES string of the molecule is C=CCC(C(=O)OCC)C(C)OC(=O)/C=C/c1ccccc1. The smallest absolute Gasteiger partial charge is 0.331 e. The summed E-state index contributed by atoms with van der Waals surface area (Å²) in [5.41, 5.74) is 0.903. The highest BCUT2D eigenvalue weighted by Gasteiger charge is 2.27. The quantitative estimate of drug-likeness (QED) is 0.419. The van der Waals surface area contributed by atoms with Crippen molar-refractivity contribution in [2.75, 3.05) is 6.61 Å². The van der Waals surface area contributed by atoms with Crippen LogP contribution in [-0.4, -0.2) is 24.6 Å². The first-order valence-corrected chi connectivity index (χ1v) is 7.29. The van der Waals surface area contributed by atoms with E-state index >= 15 is 0 Å². The highest BCUT2D eigenvalue weighted by atomic mass is 16.6. The average Bonchev–Trinajstić information content (AvgIpc) is 2.51. The van der Waals surface area contributed by atoms with Gasteiger partial charge in [-0.3, -0.25) is 4.79 Å². The van der Waals surface area contributed by atoms with Crippen LogP contribution in [0.15, 0.2) is 49.1 Å². The zero-order valence-electron chi connectivity index (χ0n) is 13.0. The fourth-order valence-electron chi connectivity index (χ4n) is 1.94. The first kappa shape index (κ1) is 17.7. The third-order valence-corrected chi connectivity index (χ3v) is 3.09. The molecule has 0 saturated heterocycles. The van der Waals surface area contributed by atoms with Crippen LogP contribution in [0.5, 0.6) is 0 Å². The Morgan fingerprint density at radius 1 is 1.27 bits per heavy atom. The first-order valence-electron chi connectivity index (χ1n) is 7.29. The van der Waals surface area contributed by atoms with Crippen molar-refractivity contribution >= 4 is 18.0 Å². The minimum absolute atomic E-state index is 0.293. The molecule has 0 heterocycles. The average molecular weight is 302 g/mol. The molecular formula is C18H22O4. The Hall–Kier alpha value is -2.36. The summed E-state index contributed by atoms with van der Waals surface area (Å²) in [6.45, 7) is 7.33. The summed E-state index contributed by atoms with van der Waals surface area (Å²) in [5.74, 6) is -1.41. The van der Waals surface area contributed by atoms with Crippen molar-refractivity contribution in [3.63, 3.8) is 0 Å². The predicted molar refractivity (Wildman–Crippen MR) is 86.0 cm³/mol. The first-order chi connectivity index (χ1) is 10.6. The van der Waals surface area contributed by atoms with E-state index in [1.165, 1.54) is 6.08 Å². The summed E-state index contributed by atoms with van der Waals surface area (Å²) >= 11 is 0. The van der Waals surface area contributed by atoms with Gasteiger partial charge in [0, 0.05) is 6.08 Å². The van der Waals surface area contributed by atoms with Gasteiger partial charge in [-0.15, -0.1) is 6.58 Å². The Balaban J connectivity index is 2.62. The van der Waals surface area contributed by atoms with Crippen LogP contribution in [0.2, 0.25) is 0 Å². The van der Waals surface area contributed by atoms with Crippen molar-refractivity contribution in [3.05, 3.63) is 54.6 Å². The van der Waals surface area contributed by atoms with Gasteiger partial charge < -0.3 is 9.47 Å². The maximum absolute atomic E-state index is 11.9. The van der Waals surface area contributed by atoms with Crippen molar-refractivity contribution in [2.45, 2.75) is 26.4 Å². The number of benzene rings is 1. The number of carbonyl (C=O) groups excluding carboxylic acids is 2. The molecular weight excluding hydrogens is 280 g/mol.